The van der Waals surface area contributed by atoms with Gasteiger partial charge in [0.25, 0.3) is 0 Å². The van der Waals surface area contributed by atoms with Crippen molar-refractivity contribution in [3.8, 4) is 5.69 Å². The van der Waals surface area contributed by atoms with Crippen LogP contribution in [0.3, 0.4) is 0 Å². The van der Waals surface area contributed by atoms with Crippen molar-refractivity contribution in [2.45, 2.75) is 53.0 Å². The molecule has 0 saturated heterocycles. The summed E-state index contributed by atoms with van der Waals surface area (Å²) in [5.41, 5.74) is 5.42. The highest BCUT2D eigenvalue weighted by molar-refractivity contribution is 5.53. The zero-order valence-corrected chi connectivity index (χ0v) is 16.2. The maximum atomic E-state index is 4.42. The van der Waals surface area contributed by atoms with E-state index in [1.807, 2.05) is 10.7 Å². The fourth-order valence-electron chi connectivity index (χ4n) is 3.30. The third kappa shape index (κ3) is 3.21. The molecular formula is C21H27N5. The molecule has 0 amide bonds. The van der Waals surface area contributed by atoms with Gasteiger partial charge in [0.2, 0.25) is 0 Å². The Morgan fingerprint density at radius 2 is 1.73 bits per heavy atom. The molecule has 3 aromatic rings. The summed E-state index contributed by atoms with van der Waals surface area (Å²) >= 11 is 0. The number of tetrazole rings is 1. The summed E-state index contributed by atoms with van der Waals surface area (Å²) in [6.45, 7) is 10.7. The van der Waals surface area contributed by atoms with E-state index >= 15 is 0 Å². The molecule has 0 fully saturated rings. The molecule has 0 spiro atoms. The molecule has 136 valence electrons. The second-order valence-corrected chi connectivity index (χ2v) is 6.98. The first kappa shape index (κ1) is 18.1. The Labute approximate surface area is 155 Å². The average molecular weight is 349 g/mol. The minimum Gasteiger partial charge on any atom is -0.373 e. The molecule has 0 unspecified atom stereocenters. The highest BCUT2D eigenvalue weighted by Gasteiger charge is 2.32. The van der Waals surface area contributed by atoms with Gasteiger partial charge >= 0.3 is 0 Å². The number of para-hydroxylation sites is 2. The van der Waals surface area contributed by atoms with E-state index in [9.17, 15) is 0 Å². The quantitative estimate of drug-likeness (QED) is 0.708. The predicted octanol–water partition coefficient (Wildman–Crippen LogP) is 4.58. The Morgan fingerprint density at radius 1 is 1.00 bits per heavy atom. The molecule has 1 heterocycles. The van der Waals surface area contributed by atoms with Gasteiger partial charge in [-0.25, -0.2) is 0 Å². The average Bonchev–Trinajstić information content (AvgIpc) is 3.13. The largest absolute Gasteiger partial charge is 0.373 e. The van der Waals surface area contributed by atoms with Gasteiger partial charge in [-0.1, -0.05) is 50.2 Å². The van der Waals surface area contributed by atoms with E-state index in [1.165, 1.54) is 16.7 Å². The first-order chi connectivity index (χ1) is 12.5. The zero-order valence-electron chi connectivity index (χ0n) is 16.2. The van der Waals surface area contributed by atoms with Crippen LogP contribution in [0.1, 0.15) is 49.7 Å². The van der Waals surface area contributed by atoms with E-state index in [-0.39, 0.29) is 5.54 Å². The van der Waals surface area contributed by atoms with Crippen LogP contribution in [0.5, 0.6) is 0 Å². The molecule has 1 atom stereocenters. The van der Waals surface area contributed by atoms with Crippen LogP contribution < -0.4 is 5.32 Å². The van der Waals surface area contributed by atoms with Gasteiger partial charge in [-0.3, -0.25) is 0 Å². The molecule has 0 aliphatic rings. The van der Waals surface area contributed by atoms with Crippen molar-refractivity contribution in [1.29, 1.82) is 0 Å². The number of hydrogen-bond acceptors (Lipinski definition) is 4. The van der Waals surface area contributed by atoms with Crippen molar-refractivity contribution in [2.75, 3.05) is 5.32 Å². The van der Waals surface area contributed by atoms with Gasteiger partial charge in [0, 0.05) is 5.69 Å². The normalized spacial score (nSPS) is 13.4. The maximum absolute atomic E-state index is 4.42. The predicted molar refractivity (Wildman–Crippen MR) is 106 cm³/mol. The van der Waals surface area contributed by atoms with Gasteiger partial charge in [0.05, 0.1) is 11.2 Å². The van der Waals surface area contributed by atoms with Crippen molar-refractivity contribution < 1.29 is 0 Å². The third-order valence-electron chi connectivity index (χ3n) is 5.14. The van der Waals surface area contributed by atoms with Crippen molar-refractivity contribution in [2.24, 2.45) is 0 Å². The Balaban J connectivity index is 2.10. The smallest absolute Gasteiger partial charge is 0.181 e. The molecule has 0 saturated carbocycles. The van der Waals surface area contributed by atoms with Crippen LogP contribution in [0.25, 0.3) is 5.69 Å². The summed E-state index contributed by atoms with van der Waals surface area (Å²) in [5.74, 6) is 0.826. The lowest BCUT2D eigenvalue weighted by molar-refractivity contribution is 0.473. The molecule has 0 aliphatic heterocycles. The van der Waals surface area contributed by atoms with Crippen LogP contribution in [0.4, 0.5) is 5.69 Å². The molecular weight excluding hydrogens is 322 g/mol. The number of aryl methyl sites for hydroxylation is 3. The Bertz CT molecular complexity index is 899. The fraction of sp³-hybridized carbons (Fsp3) is 0.381. The maximum Gasteiger partial charge on any atom is 0.181 e. The Kier molecular flexibility index (Phi) is 5.07. The second-order valence-electron chi connectivity index (χ2n) is 6.98. The molecule has 2 aromatic carbocycles. The monoisotopic (exact) mass is 349 g/mol. The first-order valence-electron chi connectivity index (χ1n) is 9.21. The topological polar surface area (TPSA) is 55.6 Å². The molecule has 1 aromatic heterocycles. The van der Waals surface area contributed by atoms with Gasteiger partial charge in [-0.15, -0.1) is 5.10 Å². The van der Waals surface area contributed by atoms with Crippen LogP contribution >= 0.6 is 0 Å². The lowest BCUT2D eigenvalue weighted by Gasteiger charge is -2.30. The molecule has 0 bridgehead atoms. The lowest BCUT2D eigenvalue weighted by Crippen LogP contribution is -2.35. The van der Waals surface area contributed by atoms with E-state index in [0.717, 1.165) is 30.0 Å². The van der Waals surface area contributed by atoms with Crippen molar-refractivity contribution in [3.63, 3.8) is 0 Å². The Morgan fingerprint density at radius 3 is 2.42 bits per heavy atom. The molecule has 1 N–H and O–H groups in total. The molecule has 3 rings (SSSR count). The van der Waals surface area contributed by atoms with E-state index < -0.39 is 0 Å². The number of rotatable bonds is 6. The van der Waals surface area contributed by atoms with Gasteiger partial charge in [0.15, 0.2) is 5.82 Å². The minimum absolute atomic E-state index is 0.386. The van der Waals surface area contributed by atoms with E-state index in [1.54, 1.807) is 0 Å². The van der Waals surface area contributed by atoms with Crippen LogP contribution in [0, 0.1) is 13.8 Å². The standard InChI is InChI=1S/C21H27N5/c1-6-17-13-10-12-16(4)19(17)26-20(23-24-25-26)21(5,7-2)22-18-14-9-8-11-15(18)3/h8-14,22H,6-7H2,1-5H3/t21-/m1/s1. The SMILES string of the molecule is CCc1cccc(C)c1-n1nnnc1[C@@](C)(CC)Nc1ccccc1C. The van der Waals surface area contributed by atoms with Gasteiger partial charge in [-0.05, 0) is 66.8 Å². The van der Waals surface area contributed by atoms with Gasteiger partial charge in [0.1, 0.15) is 0 Å². The Hall–Kier alpha value is -2.69. The number of nitrogens with one attached hydrogen (secondary N) is 1. The van der Waals surface area contributed by atoms with E-state index in [4.69, 9.17) is 0 Å². The number of aromatic nitrogens is 4. The lowest BCUT2D eigenvalue weighted by atomic mass is 9.95. The third-order valence-corrected chi connectivity index (χ3v) is 5.14. The molecule has 5 nitrogen and oxygen atoms in total. The van der Waals surface area contributed by atoms with Crippen molar-refractivity contribution in [1.82, 2.24) is 20.2 Å². The number of benzene rings is 2. The van der Waals surface area contributed by atoms with Crippen LogP contribution in [0.2, 0.25) is 0 Å². The summed E-state index contributed by atoms with van der Waals surface area (Å²) in [6, 6.07) is 14.6. The molecule has 26 heavy (non-hydrogen) atoms. The minimum atomic E-state index is -0.386. The fourth-order valence-corrected chi connectivity index (χ4v) is 3.30. The summed E-state index contributed by atoms with van der Waals surface area (Å²) in [5, 5.41) is 16.5. The van der Waals surface area contributed by atoms with Crippen LogP contribution in [0.15, 0.2) is 42.5 Å². The second kappa shape index (κ2) is 7.28. The van der Waals surface area contributed by atoms with E-state index in [0.29, 0.717) is 0 Å². The molecule has 5 heteroatoms. The van der Waals surface area contributed by atoms with E-state index in [2.05, 4.69) is 91.9 Å². The van der Waals surface area contributed by atoms with Crippen molar-refractivity contribution in [3.05, 3.63) is 65.0 Å². The first-order valence-corrected chi connectivity index (χ1v) is 9.21. The van der Waals surface area contributed by atoms with Crippen LogP contribution in [-0.2, 0) is 12.0 Å². The number of anilines is 1. The summed E-state index contributed by atoms with van der Waals surface area (Å²) in [4.78, 5) is 0. The zero-order chi connectivity index (χ0) is 18.7. The van der Waals surface area contributed by atoms with Gasteiger partial charge < -0.3 is 5.32 Å². The highest BCUT2D eigenvalue weighted by Crippen LogP contribution is 2.31. The molecule has 0 aliphatic carbocycles. The number of hydrogen-bond donors (Lipinski definition) is 1. The summed E-state index contributed by atoms with van der Waals surface area (Å²) in [7, 11) is 0. The summed E-state index contributed by atoms with van der Waals surface area (Å²) in [6.07, 6.45) is 1.79. The number of nitrogens with zero attached hydrogens (tertiary/aromatic N) is 4. The van der Waals surface area contributed by atoms with Crippen molar-refractivity contribution >= 4 is 5.69 Å². The molecule has 0 radical (unpaired) electrons. The summed E-state index contributed by atoms with van der Waals surface area (Å²) < 4.78 is 1.91. The highest BCUT2D eigenvalue weighted by atomic mass is 15.6. The van der Waals surface area contributed by atoms with Gasteiger partial charge in [-0.2, -0.15) is 4.68 Å². The van der Waals surface area contributed by atoms with Crippen LogP contribution in [-0.4, -0.2) is 20.2 Å².